The number of rotatable bonds is 8. The van der Waals surface area contributed by atoms with Gasteiger partial charge in [0.2, 0.25) is 0 Å². The molecule has 0 aliphatic carbocycles. The number of carboxylic acid groups (broad SMARTS) is 1. The topological polar surface area (TPSA) is 98.9 Å². The van der Waals surface area contributed by atoms with Gasteiger partial charge in [-0.1, -0.05) is 35.1 Å². The van der Waals surface area contributed by atoms with Crippen molar-refractivity contribution in [2.24, 2.45) is 0 Å². The minimum atomic E-state index is -1.05. The first-order valence-corrected chi connectivity index (χ1v) is 12.2. The van der Waals surface area contributed by atoms with E-state index in [0.29, 0.717) is 45.0 Å². The lowest BCUT2D eigenvalue weighted by Gasteiger charge is -2.26. The third-order valence-electron chi connectivity index (χ3n) is 5.72. The summed E-state index contributed by atoms with van der Waals surface area (Å²) in [7, 11) is 1.59. The lowest BCUT2D eigenvalue weighted by Crippen LogP contribution is -2.38. The first-order valence-electron chi connectivity index (χ1n) is 11.0. The summed E-state index contributed by atoms with van der Waals surface area (Å²) >= 11 is 7.20. The van der Waals surface area contributed by atoms with E-state index in [0.717, 1.165) is 49.7 Å². The van der Waals surface area contributed by atoms with E-state index in [-0.39, 0.29) is 4.88 Å². The number of aromatic carboxylic acids is 1. The van der Waals surface area contributed by atoms with Crippen LogP contribution in [0.25, 0.3) is 27.4 Å². The molecular formula is C24H23ClN4O5S. The molecule has 0 amide bonds. The van der Waals surface area contributed by atoms with Gasteiger partial charge in [-0.25, -0.2) is 14.8 Å². The van der Waals surface area contributed by atoms with Crippen molar-refractivity contribution < 1.29 is 24.1 Å². The first kappa shape index (κ1) is 23.6. The Balaban J connectivity index is 1.48. The number of benzene rings is 2. The van der Waals surface area contributed by atoms with Crippen LogP contribution in [0.1, 0.15) is 9.67 Å². The zero-order chi connectivity index (χ0) is 24.4. The average Bonchev–Trinajstić information content (AvgIpc) is 3.48. The van der Waals surface area contributed by atoms with Crippen LogP contribution in [0.2, 0.25) is 5.02 Å². The Morgan fingerprint density at radius 1 is 1.23 bits per heavy atom. The molecule has 0 atom stereocenters. The van der Waals surface area contributed by atoms with Crippen LogP contribution >= 0.6 is 22.9 Å². The molecule has 0 spiro atoms. The predicted molar refractivity (Wildman–Crippen MR) is 133 cm³/mol. The van der Waals surface area contributed by atoms with Crippen molar-refractivity contribution in [3.05, 3.63) is 52.6 Å². The molecule has 4 aromatic rings. The number of aromatic nitrogens is 3. The summed E-state index contributed by atoms with van der Waals surface area (Å²) in [6.45, 7) is 4.51. The fourth-order valence-electron chi connectivity index (χ4n) is 3.94. The van der Waals surface area contributed by atoms with Gasteiger partial charge in [-0.15, -0.1) is 0 Å². The number of carboxylic acids is 1. The molecule has 9 nitrogen and oxygen atoms in total. The molecule has 1 aliphatic heterocycles. The maximum atomic E-state index is 12.0. The Labute approximate surface area is 210 Å². The van der Waals surface area contributed by atoms with Crippen molar-refractivity contribution >= 4 is 39.9 Å². The lowest BCUT2D eigenvalue weighted by molar-refractivity contribution is 0.0321. The van der Waals surface area contributed by atoms with Gasteiger partial charge in [-0.2, -0.15) is 0 Å². The number of imidazole rings is 1. The van der Waals surface area contributed by atoms with Crippen molar-refractivity contribution in [2.45, 2.75) is 0 Å². The summed E-state index contributed by atoms with van der Waals surface area (Å²) in [6.07, 6.45) is 1.62. The minimum Gasteiger partial charge on any atom is -0.493 e. The molecule has 1 aliphatic rings. The minimum absolute atomic E-state index is 0.125. The van der Waals surface area contributed by atoms with Gasteiger partial charge in [0.05, 0.1) is 37.1 Å². The van der Waals surface area contributed by atoms with Crippen LogP contribution < -0.4 is 9.47 Å². The van der Waals surface area contributed by atoms with Gasteiger partial charge >= 0.3 is 5.97 Å². The zero-order valence-corrected chi connectivity index (χ0v) is 20.5. The number of methoxy groups -OCH3 is 1. The van der Waals surface area contributed by atoms with E-state index in [1.807, 2.05) is 6.07 Å². The second-order valence-corrected chi connectivity index (χ2v) is 9.31. The molecule has 3 heterocycles. The highest BCUT2D eigenvalue weighted by Crippen LogP contribution is 2.36. The van der Waals surface area contributed by atoms with Crippen molar-refractivity contribution in [2.75, 3.05) is 46.6 Å². The van der Waals surface area contributed by atoms with E-state index in [1.54, 1.807) is 48.3 Å². The van der Waals surface area contributed by atoms with E-state index in [9.17, 15) is 9.90 Å². The summed E-state index contributed by atoms with van der Waals surface area (Å²) in [5, 5.41) is 10.8. The van der Waals surface area contributed by atoms with Crippen LogP contribution in [-0.2, 0) is 4.74 Å². The molecule has 0 bridgehead atoms. The van der Waals surface area contributed by atoms with E-state index in [2.05, 4.69) is 14.9 Å². The highest BCUT2D eigenvalue weighted by molar-refractivity contribution is 7.16. The molecule has 0 saturated carbocycles. The molecule has 2 aromatic heterocycles. The van der Waals surface area contributed by atoms with E-state index >= 15 is 0 Å². The number of ether oxygens (including phenoxy) is 3. The summed E-state index contributed by atoms with van der Waals surface area (Å²) in [4.78, 5) is 23.5. The Kier molecular flexibility index (Phi) is 6.87. The standard InChI is InChI=1S/C24H23ClN4O5S/c1-32-19-12-17-18(13-20(19)34-10-7-28-5-8-33-9-6-28)29(14-26-17)24-27-21(22(35-24)23(30)31)15-3-2-4-16(25)11-15/h2-4,11-14H,5-10H2,1H3,(H,30,31). The number of hydrogen-bond acceptors (Lipinski definition) is 8. The molecule has 1 fully saturated rings. The van der Waals surface area contributed by atoms with Gasteiger partial charge in [-0.3, -0.25) is 9.47 Å². The van der Waals surface area contributed by atoms with Crippen LogP contribution in [0.15, 0.2) is 42.7 Å². The van der Waals surface area contributed by atoms with Gasteiger partial charge in [0.25, 0.3) is 0 Å². The fraction of sp³-hybridized carbons (Fsp3) is 0.292. The summed E-state index contributed by atoms with van der Waals surface area (Å²) < 4.78 is 18.8. The summed E-state index contributed by atoms with van der Waals surface area (Å²) in [6, 6.07) is 10.6. The molecule has 2 aromatic carbocycles. The van der Waals surface area contributed by atoms with Crippen molar-refractivity contribution in [1.82, 2.24) is 19.4 Å². The number of hydrogen-bond donors (Lipinski definition) is 1. The molecule has 35 heavy (non-hydrogen) atoms. The van der Waals surface area contributed by atoms with Crippen LogP contribution in [0.3, 0.4) is 0 Å². The highest BCUT2D eigenvalue weighted by Gasteiger charge is 2.22. The maximum absolute atomic E-state index is 12.0. The quantitative estimate of drug-likeness (QED) is 0.373. The number of halogens is 1. The maximum Gasteiger partial charge on any atom is 0.348 e. The predicted octanol–water partition coefficient (Wildman–Crippen LogP) is 4.22. The largest absolute Gasteiger partial charge is 0.493 e. The van der Waals surface area contributed by atoms with E-state index in [4.69, 9.17) is 25.8 Å². The Morgan fingerprint density at radius 3 is 2.80 bits per heavy atom. The second-order valence-electron chi connectivity index (χ2n) is 7.90. The van der Waals surface area contributed by atoms with E-state index in [1.165, 1.54) is 0 Å². The molecule has 0 unspecified atom stereocenters. The SMILES string of the molecule is COc1cc2ncn(-c3nc(-c4cccc(Cl)c4)c(C(=O)O)s3)c2cc1OCCN1CCOCC1. The first-order chi connectivity index (χ1) is 17.0. The lowest BCUT2D eigenvalue weighted by atomic mass is 10.1. The van der Waals surface area contributed by atoms with Crippen molar-refractivity contribution in [3.8, 4) is 27.9 Å². The fourth-order valence-corrected chi connectivity index (χ4v) is 5.04. The summed E-state index contributed by atoms with van der Waals surface area (Å²) in [5.74, 6) is 0.108. The smallest absolute Gasteiger partial charge is 0.348 e. The molecule has 1 N–H and O–H groups in total. The summed E-state index contributed by atoms with van der Waals surface area (Å²) in [5.41, 5.74) is 2.40. The molecule has 11 heteroatoms. The van der Waals surface area contributed by atoms with Gasteiger partial charge in [-0.05, 0) is 12.1 Å². The third kappa shape index (κ3) is 4.96. The molecule has 182 valence electrons. The van der Waals surface area contributed by atoms with Gasteiger partial charge in [0.1, 0.15) is 17.8 Å². The van der Waals surface area contributed by atoms with Gasteiger partial charge in [0.15, 0.2) is 16.6 Å². The molecule has 5 rings (SSSR count). The number of carbonyl (C=O) groups is 1. The Hall–Kier alpha value is -3.18. The van der Waals surface area contributed by atoms with Gasteiger partial charge in [0, 0.05) is 42.4 Å². The second kappa shape index (κ2) is 10.2. The number of fused-ring (bicyclic) bond motifs is 1. The van der Waals surface area contributed by atoms with Crippen molar-refractivity contribution in [1.29, 1.82) is 0 Å². The van der Waals surface area contributed by atoms with E-state index < -0.39 is 5.97 Å². The van der Waals surface area contributed by atoms with Crippen LogP contribution in [0.5, 0.6) is 11.5 Å². The van der Waals surface area contributed by atoms with Gasteiger partial charge < -0.3 is 19.3 Å². The number of thiazole rings is 1. The monoisotopic (exact) mass is 514 g/mol. The zero-order valence-electron chi connectivity index (χ0n) is 18.9. The van der Waals surface area contributed by atoms with Crippen LogP contribution in [0, 0.1) is 0 Å². The Morgan fingerprint density at radius 2 is 2.06 bits per heavy atom. The van der Waals surface area contributed by atoms with Crippen LogP contribution in [-0.4, -0.2) is 77.1 Å². The Bertz CT molecular complexity index is 1370. The molecule has 0 radical (unpaired) electrons. The molecular weight excluding hydrogens is 492 g/mol. The average molecular weight is 515 g/mol. The molecule has 1 saturated heterocycles. The third-order valence-corrected chi connectivity index (χ3v) is 6.99. The number of nitrogens with zero attached hydrogens (tertiary/aromatic N) is 4. The highest BCUT2D eigenvalue weighted by atomic mass is 35.5. The number of morpholine rings is 1. The van der Waals surface area contributed by atoms with Crippen molar-refractivity contribution in [3.63, 3.8) is 0 Å². The van der Waals surface area contributed by atoms with Crippen LogP contribution in [0.4, 0.5) is 0 Å². The normalized spacial score (nSPS) is 14.3.